The second-order valence-electron chi connectivity index (χ2n) is 4.15. The van der Waals surface area contributed by atoms with Gasteiger partial charge >= 0.3 is 6.01 Å². The van der Waals surface area contributed by atoms with Gasteiger partial charge in [-0.15, -0.1) is 0 Å². The second-order valence-corrected chi connectivity index (χ2v) is 4.15. The Morgan fingerprint density at radius 3 is 2.82 bits per heavy atom. The van der Waals surface area contributed by atoms with Crippen LogP contribution in [0.15, 0.2) is 6.20 Å². The Labute approximate surface area is 100 Å². The molecule has 1 aliphatic carbocycles. The molecule has 0 unspecified atom stereocenters. The molecule has 0 radical (unpaired) electrons. The minimum atomic E-state index is 0.178. The summed E-state index contributed by atoms with van der Waals surface area (Å²) in [7, 11) is 3.08. The van der Waals surface area contributed by atoms with Crippen LogP contribution in [-0.2, 0) is 4.79 Å². The van der Waals surface area contributed by atoms with Gasteiger partial charge in [-0.2, -0.15) is 4.98 Å². The van der Waals surface area contributed by atoms with E-state index in [4.69, 9.17) is 9.47 Å². The van der Waals surface area contributed by atoms with Crippen LogP contribution in [0.4, 0.5) is 0 Å². The summed E-state index contributed by atoms with van der Waals surface area (Å²) in [6.45, 7) is 0. The Morgan fingerprint density at radius 2 is 2.18 bits per heavy atom. The third-order valence-corrected chi connectivity index (χ3v) is 3.06. The first kappa shape index (κ1) is 11.8. The first-order valence-corrected chi connectivity index (χ1v) is 5.71. The smallest absolute Gasteiger partial charge is 0.319 e. The number of rotatable bonds is 3. The SMILES string of the molecule is COc1ncc([C@@H]2CCCC(=O)C2)c(OC)n1. The van der Waals surface area contributed by atoms with Gasteiger partial charge in [0, 0.05) is 24.6 Å². The predicted octanol–water partition coefficient (Wildman–Crippen LogP) is 1.72. The molecule has 1 fully saturated rings. The highest BCUT2D eigenvalue weighted by molar-refractivity contribution is 5.80. The number of hydrogen-bond donors (Lipinski definition) is 0. The summed E-state index contributed by atoms with van der Waals surface area (Å²) in [6.07, 6.45) is 4.87. The van der Waals surface area contributed by atoms with Gasteiger partial charge in [0.05, 0.1) is 14.2 Å². The largest absolute Gasteiger partial charge is 0.481 e. The molecule has 1 heterocycles. The normalized spacial score (nSPS) is 20.1. The van der Waals surface area contributed by atoms with Crippen molar-refractivity contribution in [1.82, 2.24) is 9.97 Å². The summed E-state index contributed by atoms with van der Waals surface area (Å²) >= 11 is 0. The van der Waals surface area contributed by atoms with Crippen LogP contribution in [0.2, 0.25) is 0 Å². The fourth-order valence-electron chi connectivity index (χ4n) is 2.19. The van der Waals surface area contributed by atoms with Crippen LogP contribution in [-0.4, -0.2) is 30.0 Å². The molecule has 1 aromatic rings. The van der Waals surface area contributed by atoms with Crippen molar-refractivity contribution in [2.75, 3.05) is 14.2 Å². The van der Waals surface area contributed by atoms with E-state index in [1.54, 1.807) is 13.3 Å². The average molecular weight is 236 g/mol. The molecule has 0 N–H and O–H groups in total. The molecule has 1 aliphatic rings. The topological polar surface area (TPSA) is 61.3 Å². The Bertz CT molecular complexity index is 420. The Kier molecular flexibility index (Phi) is 3.56. The van der Waals surface area contributed by atoms with Gasteiger partial charge in [0.15, 0.2) is 0 Å². The zero-order valence-corrected chi connectivity index (χ0v) is 10.1. The summed E-state index contributed by atoms with van der Waals surface area (Å²) in [5.74, 6) is 0.993. The minimum absolute atomic E-state index is 0.178. The van der Waals surface area contributed by atoms with Crippen LogP contribution in [0.3, 0.4) is 0 Å². The number of ketones is 1. The standard InChI is InChI=1S/C12H16N2O3/c1-16-11-10(7-13-12(14-11)17-2)8-4-3-5-9(15)6-8/h7-8H,3-6H2,1-2H3/t8-/m1/s1. The number of Topliss-reactive ketones (excluding diaryl/α,β-unsaturated/α-hetero) is 1. The number of ether oxygens (including phenoxy) is 2. The molecule has 0 bridgehead atoms. The monoisotopic (exact) mass is 236 g/mol. The second kappa shape index (κ2) is 5.12. The molecule has 5 heteroatoms. The lowest BCUT2D eigenvalue weighted by Gasteiger charge is -2.22. The summed E-state index contributed by atoms with van der Waals surface area (Å²) < 4.78 is 10.2. The van der Waals surface area contributed by atoms with E-state index in [1.165, 1.54) is 7.11 Å². The lowest BCUT2D eigenvalue weighted by Crippen LogP contribution is -2.15. The van der Waals surface area contributed by atoms with Crippen LogP contribution in [0.25, 0.3) is 0 Å². The van der Waals surface area contributed by atoms with Crippen molar-refractivity contribution in [3.63, 3.8) is 0 Å². The first-order valence-electron chi connectivity index (χ1n) is 5.71. The van der Waals surface area contributed by atoms with Crippen LogP contribution < -0.4 is 9.47 Å². The summed E-state index contributed by atoms with van der Waals surface area (Å²) in [6, 6.07) is 0.285. The van der Waals surface area contributed by atoms with Crippen molar-refractivity contribution in [3.05, 3.63) is 11.8 Å². The molecular formula is C12H16N2O3. The third-order valence-electron chi connectivity index (χ3n) is 3.06. The average Bonchev–Trinajstić information content (AvgIpc) is 2.38. The number of hydrogen-bond acceptors (Lipinski definition) is 5. The number of nitrogens with zero attached hydrogens (tertiary/aromatic N) is 2. The maximum Gasteiger partial charge on any atom is 0.319 e. The van der Waals surface area contributed by atoms with Crippen molar-refractivity contribution < 1.29 is 14.3 Å². The molecule has 0 saturated heterocycles. The zero-order chi connectivity index (χ0) is 12.3. The van der Waals surface area contributed by atoms with Gasteiger partial charge in [-0.1, -0.05) is 0 Å². The van der Waals surface area contributed by atoms with E-state index in [1.807, 2.05) is 0 Å². The molecule has 0 aromatic carbocycles. The molecular weight excluding hydrogens is 220 g/mol. The predicted molar refractivity (Wildman–Crippen MR) is 61.4 cm³/mol. The van der Waals surface area contributed by atoms with Crippen molar-refractivity contribution in [3.8, 4) is 11.9 Å². The zero-order valence-electron chi connectivity index (χ0n) is 10.1. The van der Waals surface area contributed by atoms with Gasteiger partial charge in [-0.05, 0) is 18.8 Å². The van der Waals surface area contributed by atoms with Crippen LogP contribution in [0.1, 0.15) is 37.2 Å². The maximum absolute atomic E-state index is 11.5. The maximum atomic E-state index is 11.5. The minimum Gasteiger partial charge on any atom is -0.481 e. The third kappa shape index (κ3) is 2.54. The highest BCUT2D eigenvalue weighted by Crippen LogP contribution is 2.35. The highest BCUT2D eigenvalue weighted by atomic mass is 16.5. The molecule has 5 nitrogen and oxygen atoms in total. The van der Waals surface area contributed by atoms with Crippen molar-refractivity contribution in [1.29, 1.82) is 0 Å². The molecule has 1 saturated carbocycles. The number of carbonyl (C=O) groups excluding carboxylic acids is 1. The highest BCUT2D eigenvalue weighted by Gasteiger charge is 2.25. The molecule has 0 aliphatic heterocycles. The van der Waals surface area contributed by atoms with Crippen molar-refractivity contribution in [2.24, 2.45) is 0 Å². The van der Waals surface area contributed by atoms with Gasteiger partial charge in [0.1, 0.15) is 5.78 Å². The van der Waals surface area contributed by atoms with E-state index in [2.05, 4.69) is 9.97 Å². The number of methoxy groups -OCH3 is 2. The Balaban J connectivity index is 2.27. The molecule has 0 amide bonds. The fraction of sp³-hybridized carbons (Fsp3) is 0.583. The van der Waals surface area contributed by atoms with E-state index in [0.29, 0.717) is 24.5 Å². The Morgan fingerprint density at radius 1 is 1.35 bits per heavy atom. The van der Waals surface area contributed by atoms with Gasteiger partial charge < -0.3 is 9.47 Å². The lowest BCUT2D eigenvalue weighted by molar-refractivity contribution is -0.120. The van der Waals surface area contributed by atoms with E-state index < -0.39 is 0 Å². The number of carbonyl (C=O) groups is 1. The van der Waals surface area contributed by atoms with Crippen LogP contribution in [0, 0.1) is 0 Å². The molecule has 1 atom stereocenters. The van der Waals surface area contributed by atoms with E-state index in [0.717, 1.165) is 18.4 Å². The fourth-order valence-corrected chi connectivity index (χ4v) is 2.19. The lowest BCUT2D eigenvalue weighted by atomic mass is 9.84. The van der Waals surface area contributed by atoms with Crippen LogP contribution in [0.5, 0.6) is 11.9 Å². The van der Waals surface area contributed by atoms with Gasteiger partial charge in [0.2, 0.25) is 5.88 Å². The van der Waals surface area contributed by atoms with E-state index >= 15 is 0 Å². The number of aromatic nitrogens is 2. The van der Waals surface area contributed by atoms with Gasteiger partial charge in [0.25, 0.3) is 0 Å². The molecule has 2 rings (SSSR count). The summed E-state index contributed by atoms with van der Waals surface area (Å²) in [5.41, 5.74) is 0.904. The van der Waals surface area contributed by atoms with Gasteiger partial charge in [-0.3, -0.25) is 4.79 Å². The Hall–Kier alpha value is -1.65. The summed E-state index contributed by atoms with van der Waals surface area (Å²) in [5, 5.41) is 0. The summed E-state index contributed by atoms with van der Waals surface area (Å²) in [4.78, 5) is 19.7. The van der Waals surface area contributed by atoms with Crippen molar-refractivity contribution >= 4 is 5.78 Å². The van der Waals surface area contributed by atoms with Gasteiger partial charge in [-0.25, -0.2) is 4.98 Å². The molecule has 1 aromatic heterocycles. The van der Waals surface area contributed by atoms with E-state index in [9.17, 15) is 4.79 Å². The first-order chi connectivity index (χ1) is 8.24. The van der Waals surface area contributed by atoms with Crippen LogP contribution >= 0.6 is 0 Å². The molecule has 0 spiro atoms. The van der Waals surface area contributed by atoms with E-state index in [-0.39, 0.29) is 11.9 Å². The molecule has 92 valence electrons. The molecule has 17 heavy (non-hydrogen) atoms. The quantitative estimate of drug-likeness (QED) is 0.799. The van der Waals surface area contributed by atoms with Crippen molar-refractivity contribution in [2.45, 2.75) is 31.6 Å².